The molecule has 4 nitrogen and oxygen atoms in total. The van der Waals surface area contributed by atoms with Crippen molar-refractivity contribution in [2.45, 2.75) is 12.2 Å². The number of phenolic OH excluding ortho intramolecular Hbond substituents is 1. The fraction of sp³-hybridized carbons (Fsp3) is 0.294. The zero-order valence-corrected chi connectivity index (χ0v) is 11.4. The summed E-state index contributed by atoms with van der Waals surface area (Å²) in [4.78, 5) is 0. The summed E-state index contributed by atoms with van der Waals surface area (Å²) < 4.78 is 42.8. The first-order chi connectivity index (χ1) is 12.0. The topological polar surface area (TPSA) is 50.7 Å². The Morgan fingerprint density at radius 1 is 1.29 bits per heavy atom. The summed E-state index contributed by atoms with van der Waals surface area (Å²) in [6, 6.07) is 7.39. The Morgan fingerprint density at radius 3 is 2.86 bits per heavy atom. The average molecular weight is 289 g/mol. The normalized spacial score (nSPS) is 22.6. The lowest BCUT2D eigenvalue weighted by Gasteiger charge is -2.31. The van der Waals surface area contributed by atoms with Crippen molar-refractivity contribution in [3.8, 4) is 11.5 Å². The molecule has 0 spiro atoms. The van der Waals surface area contributed by atoms with Gasteiger partial charge in [-0.25, -0.2) is 0 Å². The molecule has 2 aromatic carbocycles. The van der Waals surface area contributed by atoms with Gasteiger partial charge in [-0.3, -0.25) is 0 Å². The molecule has 1 saturated heterocycles. The number of hydrogen-bond donors (Lipinski definition) is 2. The standard InChI is InChI=1S/C17H19NO3/c19-14-8-4-5-9-15(14)21-17(13-6-2-1-3-7-13)16-12-18-10-11-20-16/h1-9,16-19H,10-12H2/t16-,17-/m0/s1/i4D,5D,8D,9D. The molecule has 110 valence electrons. The van der Waals surface area contributed by atoms with Gasteiger partial charge in [0.15, 0.2) is 17.6 Å². The van der Waals surface area contributed by atoms with Gasteiger partial charge in [0.05, 0.1) is 12.1 Å². The van der Waals surface area contributed by atoms with E-state index in [0.29, 0.717) is 13.2 Å². The molecule has 3 rings (SSSR count). The highest BCUT2D eigenvalue weighted by Crippen LogP contribution is 2.32. The van der Waals surface area contributed by atoms with Crippen molar-refractivity contribution in [3.63, 3.8) is 0 Å². The smallest absolute Gasteiger partial charge is 0.162 e. The van der Waals surface area contributed by atoms with Gasteiger partial charge in [0.25, 0.3) is 0 Å². The maximum atomic E-state index is 10.2. The average Bonchev–Trinajstić information content (AvgIpc) is 2.66. The number of para-hydroxylation sites is 2. The van der Waals surface area contributed by atoms with Crippen LogP contribution in [0.2, 0.25) is 0 Å². The number of hydrogen-bond acceptors (Lipinski definition) is 4. The predicted molar refractivity (Wildman–Crippen MR) is 80.5 cm³/mol. The number of morpholine rings is 1. The van der Waals surface area contributed by atoms with E-state index in [1.54, 1.807) is 0 Å². The fourth-order valence-electron chi connectivity index (χ4n) is 2.29. The van der Waals surface area contributed by atoms with Crippen molar-refractivity contribution in [3.05, 3.63) is 60.1 Å². The van der Waals surface area contributed by atoms with Gasteiger partial charge >= 0.3 is 0 Å². The molecular formula is C17H19NO3. The van der Waals surface area contributed by atoms with E-state index in [-0.39, 0.29) is 11.9 Å². The molecule has 0 aliphatic carbocycles. The predicted octanol–water partition coefficient (Wildman–Crippen LogP) is 2.50. The Kier molecular flexibility index (Phi) is 3.09. The molecule has 2 atom stereocenters. The molecule has 2 N–H and O–H groups in total. The Bertz CT molecular complexity index is 722. The number of aromatic hydroxyl groups is 1. The molecule has 1 fully saturated rings. The first kappa shape index (κ1) is 9.82. The van der Waals surface area contributed by atoms with Gasteiger partial charge in [0.1, 0.15) is 6.10 Å². The van der Waals surface area contributed by atoms with Crippen LogP contribution in [0.5, 0.6) is 11.5 Å². The van der Waals surface area contributed by atoms with Crippen LogP contribution in [0.1, 0.15) is 17.2 Å². The van der Waals surface area contributed by atoms with Crippen molar-refractivity contribution in [2.75, 3.05) is 19.7 Å². The lowest BCUT2D eigenvalue weighted by molar-refractivity contribution is -0.0438. The molecule has 0 amide bonds. The molecule has 1 aliphatic rings. The maximum Gasteiger partial charge on any atom is 0.162 e. The first-order valence-corrected chi connectivity index (χ1v) is 6.84. The number of benzene rings is 2. The van der Waals surface area contributed by atoms with Crippen LogP contribution in [0.25, 0.3) is 0 Å². The minimum atomic E-state index is -0.626. The number of nitrogens with one attached hydrogen (secondary N) is 1. The highest BCUT2D eigenvalue weighted by molar-refractivity contribution is 5.38. The Hall–Kier alpha value is -2.04. The van der Waals surface area contributed by atoms with E-state index in [9.17, 15) is 5.11 Å². The second-order valence-corrected chi connectivity index (χ2v) is 4.74. The van der Waals surface area contributed by atoms with Gasteiger partial charge in [0.2, 0.25) is 0 Å². The van der Waals surface area contributed by atoms with Crippen LogP contribution in [0.3, 0.4) is 0 Å². The molecular weight excluding hydrogens is 266 g/mol. The number of rotatable bonds is 4. The van der Waals surface area contributed by atoms with Crippen LogP contribution in [0.4, 0.5) is 0 Å². The van der Waals surface area contributed by atoms with Gasteiger partial charge in [-0.2, -0.15) is 0 Å². The summed E-state index contributed by atoms with van der Waals surface area (Å²) in [5, 5.41) is 13.4. The first-order valence-electron chi connectivity index (χ1n) is 8.84. The third kappa shape index (κ3) is 3.35. The molecule has 2 aromatic rings. The summed E-state index contributed by atoms with van der Waals surface area (Å²) in [7, 11) is 0. The van der Waals surface area contributed by atoms with Crippen molar-refractivity contribution in [1.29, 1.82) is 0 Å². The zero-order chi connectivity index (χ0) is 18.0. The SMILES string of the molecule is [2H]c1c([2H])c([2H])c(O[C@@H](c2ccccc2)[C@@H]2CNCCO2)c(O)c1[2H]. The second-order valence-electron chi connectivity index (χ2n) is 4.74. The van der Waals surface area contributed by atoms with Crippen molar-refractivity contribution in [1.82, 2.24) is 5.32 Å². The van der Waals surface area contributed by atoms with Gasteiger partial charge in [-0.15, -0.1) is 0 Å². The van der Waals surface area contributed by atoms with E-state index in [2.05, 4.69) is 5.32 Å². The summed E-state index contributed by atoms with van der Waals surface area (Å²) in [5.74, 6) is -0.871. The molecule has 0 bridgehead atoms. The molecule has 1 aliphatic heterocycles. The van der Waals surface area contributed by atoms with E-state index in [1.807, 2.05) is 30.3 Å². The Balaban J connectivity index is 2.01. The monoisotopic (exact) mass is 289 g/mol. The van der Waals surface area contributed by atoms with E-state index in [1.165, 1.54) is 0 Å². The van der Waals surface area contributed by atoms with E-state index in [4.69, 9.17) is 15.0 Å². The largest absolute Gasteiger partial charge is 0.504 e. The molecule has 0 aromatic heterocycles. The van der Waals surface area contributed by atoms with Gasteiger partial charge < -0.3 is 19.9 Å². The van der Waals surface area contributed by atoms with Crippen molar-refractivity contribution in [2.24, 2.45) is 0 Å². The number of ether oxygens (including phenoxy) is 2. The highest BCUT2D eigenvalue weighted by Gasteiger charge is 2.28. The van der Waals surface area contributed by atoms with Crippen LogP contribution in [0.15, 0.2) is 54.5 Å². The van der Waals surface area contributed by atoms with Gasteiger partial charge in [-0.05, 0) is 17.6 Å². The third-order valence-corrected chi connectivity index (χ3v) is 3.30. The highest BCUT2D eigenvalue weighted by atomic mass is 16.5. The number of phenols is 1. The Morgan fingerprint density at radius 2 is 2.10 bits per heavy atom. The minimum absolute atomic E-state index is 0.269. The van der Waals surface area contributed by atoms with Crippen molar-refractivity contribution >= 4 is 0 Å². The molecule has 4 heteroatoms. The lowest BCUT2D eigenvalue weighted by atomic mass is 10.0. The molecule has 21 heavy (non-hydrogen) atoms. The molecule has 0 saturated carbocycles. The van der Waals surface area contributed by atoms with Gasteiger partial charge in [0, 0.05) is 13.1 Å². The van der Waals surface area contributed by atoms with Crippen LogP contribution < -0.4 is 10.1 Å². The van der Waals surface area contributed by atoms with E-state index in [0.717, 1.165) is 12.1 Å². The summed E-state index contributed by atoms with van der Waals surface area (Å²) in [5.41, 5.74) is 0.794. The lowest BCUT2D eigenvalue weighted by Crippen LogP contribution is -2.43. The molecule has 0 unspecified atom stereocenters. The molecule has 1 heterocycles. The zero-order valence-electron chi connectivity index (χ0n) is 15.4. The molecule has 0 radical (unpaired) electrons. The summed E-state index contributed by atoms with van der Waals surface area (Å²) >= 11 is 0. The summed E-state index contributed by atoms with van der Waals surface area (Å²) in [6.07, 6.45) is -0.978. The summed E-state index contributed by atoms with van der Waals surface area (Å²) in [6.45, 7) is 1.77. The third-order valence-electron chi connectivity index (χ3n) is 3.30. The van der Waals surface area contributed by atoms with Crippen LogP contribution in [-0.2, 0) is 4.74 Å². The van der Waals surface area contributed by atoms with Gasteiger partial charge in [-0.1, -0.05) is 42.4 Å². The quantitative estimate of drug-likeness (QED) is 0.908. The van der Waals surface area contributed by atoms with Crippen molar-refractivity contribution < 1.29 is 20.1 Å². The fourth-order valence-corrected chi connectivity index (χ4v) is 2.29. The maximum absolute atomic E-state index is 10.2. The second kappa shape index (κ2) is 6.61. The van der Waals surface area contributed by atoms with Crippen LogP contribution >= 0.6 is 0 Å². The van der Waals surface area contributed by atoms with Crippen LogP contribution in [0, 0.1) is 0 Å². The minimum Gasteiger partial charge on any atom is -0.504 e. The van der Waals surface area contributed by atoms with E-state index >= 15 is 0 Å². The van der Waals surface area contributed by atoms with Crippen LogP contribution in [-0.4, -0.2) is 30.9 Å². The Labute approximate surface area is 129 Å². The van der Waals surface area contributed by atoms with E-state index < -0.39 is 36.0 Å².